The number of carbonyl (C=O) groups excluding carboxylic acids is 1. The van der Waals surface area contributed by atoms with Gasteiger partial charge in [0, 0.05) is 12.6 Å². The van der Waals surface area contributed by atoms with Crippen molar-refractivity contribution in [2.75, 3.05) is 39.2 Å². The fraction of sp³-hybridized carbons (Fsp3) is 0.562. The number of hydrogen-bond acceptors (Lipinski definition) is 4. The standard InChI is InChI=1S/C16H24N2O3/c1-12-5-4-8-18(10-12)11-16(19)17-14-9-13(20-2)6-7-15(14)21-3/h6-7,9,12H,4-5,8,10-11H2,1-3H3,(H,17,19)/t12-/m1/s1. The molecular formula is C16H24N2O3. The highest BCUT2D eigenvalue weighted by atomic mass is 16.5. The van der Waals surface area contributed by atoms with Gasteiger partial charge in [0.2, 0.25) is 5.91 Å². The van der Waals surface area contributed by atoms with Gasteiger partial charge in [-0.05, 0) is 37.4 Å². The summed E-state index contributed by atoms with van der Waals surface area (Å²) in [5.41, 5.74) is 0.645. The Morgan fingerprint density at radius 3 is 2.86 bits per heavy atom. The Balaban J connectivity index is 1.98. The zero-order valence-electron chi connectivity index (χ0n) is 13.0. The Labute approximate surface area is 126 Å². The lowest BCUT2D eigenvalue weighted by Gasteiger charge is -2.30. The molecule has 5 heteroatoms. The summed E-state index contributed by atoms with van der Waals surface area (Å²) in [7, 11) is 3.19. The molecule has 0 aliphatic carbocycles. The SMILES string of the molecule is COc1ccc(OC)c(NC(=O)CN2CCC[C@@H](C)C2)c1. The molecule has 1 aliphatic rings. The second-order valence-corrected chi connectivity index (χ2v) is 5.60. The molecule has 0 saturated carbocycles. The van der Waals surface area contributed by atoms with Crippen LogP contribution in [0, 0.1) is 5.92 Å². The van der Waals surface area contributed by atoms with Gasteiger partial charge in [-0.2, -0.15) is 0 Å². The van der Waals surface area contributed by atoms with Crippen molar-refractivity contribution in [1.29, 1.82) is 0 Å². The van der Waals surface area contributed by atoms with Crippen LogP contribution in [0.4, 0.5) is 5.69 Å². The second-order valence-electron chi connectivity index (χ2n) is 5.60. The van der Waals surface area contributed by atoms with Crippen LogP contribution in [0.1, 0.15) is 19.8 Å². The van der Waals surface area contributed by atoms with Crippen LogP contribution in [0.2, 0.25) is 0 Å². The van der Waals surface area contributed by atoms with E-state index in [2.05, 4.69) is 17.1 Å². The quantitative estimate of drug-likeness (QED) is 0.905. The van der Waals surface area contributed by atoms with E-state index in [1.165, 1.54) is 6.42 Å². The number of carbonyl (C=O) groups is 1. The molecule has 1 aliphatic heterocycles. The van der Waals surface area contributed by atoms with E-state index in [-0.39, 0.29) is 5.91 Å². The van der Waals surface area contributed by atoms with Crippen molar-refractivity contribution >= 4 is 11.6 Å². The third kappa shape index (κ3) is 4.36. The van der Waals surface area contributed by atoms with Crippen molar-refractivity contribution in [3.63, 3.8) is 0 Å². The van der Waals surface area contributed by atoms with Crippen LogP contribution in [0.3, 0.4) is 0 Å². The summed E-state index contributed by atoms with van der Waals surface area (Å²) in [4.78, 5) is 14.4. The molecule has 1 atom stereocenters. The number of nitrogens with zero attached hydrogens (tertiary/aromatic N) is 1. The average molecular weight is 292 g/mol. The third-order valence-electron chi connectivity index (χ3n) is 3.79. The highest BCUT2D eigenvalue weighted by molar-refractivity contribution is 5.94. The molecule has 1 aromatic rings. The van der Waals surface area contributed by atoms with E-state index in [0.717, 1.165) is 19.5 Å². The monoisotopic (exact) mass is 292 g/mol. The molecule has 0 spiro atoms. The molecule has 116 valence electrons. The van der Waals surface area contributed by atoms with Crippen molar-refractivity contribution in [2.45, 2.75) is 19.8 Å². The lowest BCUT2D eigenvalue weighted by atomic mass is 10.0. The van der Waals surface area contributed by atoms with Gasteiger partial charge < -0.3 is 14.8 Å². The molecule has 1 N–H and O–H groups in total. The summed E-state index contributed by atoms with van der Waals surface area (Å²) in [6.45, 7) is 4.63. The maximum absolute atomic E-state index is 12.2. The Morgan fingerprint density at radius 2 is 2.19 bits per heavy atom. The van der Waals surface area contributed by atoms with Gasteiger partial charge >= 0.3 is 0 Å². The number of benzene rings is 1. The first kappa shape index (κ1) is 15.6. The normalized spacial score (nSPS) is 19.1. The van der Waals surface area contributed by atoms with Crippen LogP contribution in [-0.2, 0) is 4.79 Å². The molecule has 1 fully saturated rings. The van der Waals surface area contributed by atoms with E-state index in [0.29, 0.717) is 29.6 Å². The van der Waals surface area contributed by atoms with Crippen LogP contribution >= 0.6 is 0 Å². The molecule has 0 unspecified atom stereocenters. The first-order chi connectivity index (χ1) is 10.1. The number of amides is 1. The van der Waals surface area contributed by atoms with Gasteiger partial charge in [0.1, 0.15) is 11.5 Å². The number of nitrogens with one attached hydrogen (secondary N) is 1. The first-order valence-electron chi connectivity index (χ1n) is 7.36. The topological polar surface area (TPSA) is 50.8 Å². The Hall–Kier alpha value is -1.75. The van der Waals surface area contributed by atoms with E-state index in [1.807, 2.05) is 0 Å². The highest BCUT2D eigenvalue weighted by Crippen LogP contribution is 2.28. The van der Waals surface area contributed by atoms with E-state index in [4.69, 9.17) is 9.47 Å². The molecule has 1 saturated heterocycles. The minimum absolute atomic E-state index is 0.0179. The van der Waals surface area contributed by atoms with E-state index in [9.17, 15) is 4.79 Å². The number of ether oxygens (including phenoxy) is 2. The van der Waals surface area contributed by atoms with Gasteiger partial charge in [0.05, 0.1) is 26.5 Å². The summed E-state index contributed by atoms with van der Waals surface area (Å²) in [5, 5.41) is 2.91. The molecular weight excluding hydrogens is 268 g/mol. The molecule has 5 nitrogen and oxygen atoms in total. The van der Waals surface area contributed by atoms with Gasteiger partial charge in [-0.3, -0.25) is 9.69 Å². The predicted octanol–water partition coefficient (Wildman–Crippen LogP) is 2.37. The van der Waals surface area contributed by atoms with Crippen LogP contribution in [-0.4, -0.2) is 44.7 Å². The summed E-state index contributed by atoms with van der Waals surface area (Å²) in [6, 6.07) is 5.37. The van der Waals surface area contributed by atoms with Crippen LogP contribution < -0.4 is 14.8 Å². The van der Waals surface area contributed by atoms with E-state index >= 15 is 0 Å². The summed E-state index contributed by atoms with van der Waals surface area (Å²) < 4.78 is 10.5. The lowest BCUT2D eigenvalue weighted by molar-refractivity contribution is -0.117. The molecule has 0 radical (unpaired) electrons. The smallest absolute Gasteiger partial charge is 0.238 e. The van der Waals surface area contributed by atoms with Crippen molar-refractivity contribution in [3.05, 3.63) is 18.2 Å². The molecule has 1 heterocycles. The number of methoxy groups -OCH3 is 2. The molecule has 1 amide bonds. The highest BCUT2D eigenvalue weighted by Gasteiger charge is 2.19. The predicted molar refractivity (Wildman–Crippen MR) is 83.0 cm³/mol. The third-order valence-corrected chi connectivity index (χ3v) is 3.79. The number of rotatable bonds is 5. The maximum Gasteiger partial charge on any atom is 0.238 e. The molecule has 21 heavy (non-hydrogen) atoms. The summed E-state index contributed by atoms with van der Waals surface area (Å²) in [5.74, 6) is 1.97. The summed E-state index contributed by atoms with van der Waals surface area (Å²) in [6.07, 6.45) is 2.42. The zero-order valence-corrected chi connectivity index (χ0v) is 13.0. The van der Waals surface area contributed by atoms with Crippen LogP contribution in [0.15, 0.2) is 18.2 Å². The largest absolute Gasteiger partial charge is 0.497 e. The van der Waals surface area contributed by atoms with Gasteiger partial charge in [-0.1, -0.05) is 6.92 Å². The first-order valence-corrected chi connectivity index (χ1v) is 7.36. The molecule has 1 aromatic carbocycles. The number of hydrogen-bond donors (Lipinski definition) is 1. The number of piperidine rings is 1. The average Bonchev–Trinajstić information content (AvgIpc) is 2.47. The van der Waals surface area contributed by atoms with Crippen molar-refractivity contribution in [1.82, 2.24) is 4.90 Å². The fourth-order valence-electron chi connectivity index (χ4n) is 2.73. The number of anilines is 1. The summed E-state index contributed by atoms with van der Waals surface area (Å²) >= 11 is 0. The van der Waals surface area contributed by atoms with Gasteiger partial charge in [0.25, 0.3) is 0 Å². The molecule has 2 rings (SSSR count). The number of likely N-dealkylation sites (tertiary alicyclic amines) is 1. The van der Waals surface area contributed by atoms with Gasteiger partial charge in [0.15, 0.2) is 0 Å². The van der Waals surface area contributed by atoms with Crippen molar-refractivity contribution in [2.24, 2.45) is 5.92 Å². The van der Waals surface area contributed by atoms with Crippen LogP contribution in [0.5, 0.6) is 11.5 Å². The van der Waals surface area contributed by atoms with Gasteiger partial charge in [-0.25, -0.2) is 0 Å². The van der Waals surface area contributed by atoms with E-state index in [1.54, 1.807) is 32.4 Å². The van der Waals surface area contributed by atoms with E-state index < -0.39 is 0 Å². The Bertz CT molecular complexity index is 490. The second kappa shape index (κ2) is 7.31. The van der Waals surface area contributed by atoms with Crippen LogP contribution in [0.25, 0.3) is 0 Å². The zero-order chi connectivity index (χ0) is 15.2. The molecule has 0 aromatic heterocycles. The minimum atomic E-state index is -0.0179. The fourth-order valence-corrected chi connectivity index (χ4v) is 2.73. The van der Waals surface area contributed by atoms with Crippen molar-refractivity contribution < 1.29 is 14.3 Å². The maximum atomic E-state index is 12.2. The lowest BCUT2D eigenvalue weighted by Crippen LogP contribution is -2.39. The van der Waals surface area contributed by atoms with Gasteiger partial charge in [-0.15, -0.1) is 0 Å². The Kier molecular flexibility index (Phi) is 5.44. The molecule has 0 bridgehead atoms. The van der Waals surface area contributed by atoms with Crippen molar-refractivity contribution in [3.8, 4) is 11.5 Å². The Morgan fingerprint density at radius 1 is 1.38 bits per heavy atom. The minimum Gasteiger partial charge on any atom is -0.497 e.